The summed E-state index contributed by atoms with van der Waals surface area (Å²) in [6.45, 7) is 2.19. The van der Waals surface area contributed by atoms with Gasteiger partial charge in [-0.2, -0.15) is 0 Å². The van der Waals surface area contributed by atoms with Crippen LogP contribution in [0.25, 0.3) is 0 Å². The van der Waals surface area contributed by atoms with Crippen LogP contribution in [0.5, 0.6) is 0 Å². The quantitative estimate of drug-likeness (QED) is 0.791. The van der Waals surface area contributed by atoms with E-state index in [1.807, 2.05) is 0 Å². The lowest BCUT2D eigenvalue weighted by molar-refractivity contribution is 0.281. The van der Waals surface area contributed by atoms with E-state index in [0.717, 1.165) is 25.7 Å². The molecule has 0 aromatic heterocycles. The summed E-state index contributed by atoms with van der Waals surface area (Å²) in [5, 5.41) is 9.51. The fourth-order valence-electron chi connectivity index (χ4n) is 2.45. The van der Waals surface area contributed by atoms with Crippen LogP contribution in [0, 0.1) is 5.41 Å². The Hall–Kier alpha value is -0.330. The Kier molecular flexibility index (Phi) is 5.21. The van der Waals surface area contributed by atoms with Crippen LogP contribution in [0.2, 0.25) is 10.0 Å². The highest BCUT2D eigenvalue weighted by molar-refractivity contribution is 7.89. The van der Waals surface area contributed by atoms with Crippen LogP contribution in [0.1, 0.15) is 38.2 Å². The molecule has 1 aliphatic rings. The molecule has 1 fully saturated rings. The van der Waals surface area contributed by atoms with E-state index in [1.165, 1.54) is 12.1 Å². The van der Waals surface area contributed by atoms with E-state index in [-0.39, 0.29) is 27.0 Å². The number of hydrogen-bond acceptors (Lipinski definition) is 3. The number of benzene rings is 1. The highest BCUT2D eigenvalue weighted by atomic mass is 35.5. The zero-order chi connectivity index (χ0) is 15.7. The summed E-state index contributed by atoms with van der Waals surface area (Å²) in [4.78, 5) is -0.0371. The van der Waals surface area contributed by atoms with Gasteiger partial charge in [0.25, 0.3) is 0 Å². The monoisotopic (exact) mass is 351 g/mol. The van der Waals surface area contributed by atoms with Gasteiger partial charge in [0.15, 0.2) is 0 Å². The molecule has 118 valence electrons. The van der Waals surface area contributed by atoms with Crippen molar-refractivity contribution in [3.63, 3.8) is 0 Å². The van der Waals surface area contributed by atoms with Crippen LogP contribution in [0.4, 0.5) is 0 Å². The Labute approximate surface area is 135 Å². The summed E-state index contributed by atoms with van der Waals surface area (Å²) in [5.74, 6) is 0. The zero-order valence-electron chi connectivity index (χ0n) is 11.8. The molecule has 0 heterocycles. The van der Waals surface area contributed by atoms with Gasteiger partial charge in [-0.1, -0.05) is 36.5 Å². The third-order valence-corrected chi connectivity index (χ3v) is 6.15. The number of nitrogens with one attached hydrogen (secondary N) is 1. The second-order valence-corrected chi connectivity index (χ2v) is 8.16. The van der Waals surface area contributed by atoms with Gasteiger partial charge in [-0.15, -0.1) is 0 Å². The van der Waals surface area contributed by atoms with Crippen LogP contribution < -0.4 is 4.72 Å². The first-order valence-corrected chi connectivity index (χ1v) is 9.16. The molecular formula is C14H19Cl2NO3S. The Morgan fingerprint density at radius 1 is 1.29 bits per heavy atom. The lowest BCUT2D eigenvalue weighted by atomic mass is 10.0. The normalized spacial score (nSPS) is 17.0. The first kappa shape index (κ1) is 17.0. The highest BCUT2D eigenvalue weighted by Gasteiger charge is 2.42. The van der Waals surface area contributed by atoms with Crippen molar-refractivity contribution in [1.82, 2.24) is 4.72 Å². The minimum Gasteiger partial charge on any atom is -0.392 e. The molecular weight excluding hydrogens is 333 g/mol. The number of hydrogen-bond donors (Lipinski definition) is 2. The molecule has 2 N–H and O–H groups in total. The van der Waals surface area contributed by atoms with Crippen molar-refractivity contribution in [3.8, 4) is 0 Å². The first-order chi connectivity index (χ1) is 9.83. The van der Waals surface area contributed by atoms with Crippen LogP contribution in [-0.4, -0.2) is 20.1 Å². The minimum atomic E-state index is -3.70. The lowest BCUT2D eigenvalue weighted by Gasteiger charge is -2.16. The highest BCUT2D eigenvalue weighted by Crippen LogP contribution is 2.49. The Morgan fingerprint density at radius 3 is 2.48 bits per heavy atom. The largest absolute Gasteiger partial charge is 0.392 e. The molecule has 0 unspecified atom stereocenters. The summed E-state index contributed by atoms with van der Waals surface area (Å²) in [5.41, 5.74) is 0.455. The van der Waals surface area contributed by atoms with Gasteiger partial charge < -0.3 is 5.11 Å². The second kappa shape index (κ2) is 6.42. The van der Waals surface area contributed by atoms with E-state index in [1.54, 1.807) is 0 Å². The van der Waals surface area contributed by atoms with Crippen molar-refractivity contribution in [3.05, 3.63) is 27.7 Å². The van der Waals surface area contributed by atoms with Crippen molar-refractivity contribution >= 4 is 33.2 Å². The number of aliphatic hydroxyl groups is 1. The molecule has 4 nitrogen and oxygen atoms in total. The van der Waals surface area contributed by atoms with E-state index in [4.69, 9.17) is 23.2 Å². The number of rotatable bonds is 7. The zero-order valence-corrected chi connectivity index (χ0v) is 14.2. The van der Waals surface area contributed by atoms with E-state index in [0.29, 0.717) is 12.1 Å². The third-order valence-electron chi connectivity index (χ3n) is 3.94. The fourth-order valence-corrected chi connectivity index (χ4v) is 4.46. The van der Waals surface area contributed by atoms with Gasteiger partial charge in [-0.25, -0.2) is 13.1 Å². The smallest absolute Gasteiger partial charge is 0.242 e. The molecule has 1 aliphatic carbocycles. The predicted octanol–water partition coefficient (Wildman–Crippen LogP) is 3.34. The minimum absolute atomic E-state index is 0.0371. The van der Waals surface area contributed by atoms with Gasteiger partial charge in [0.05, 0.1) is 11.6 Å². The van der Waals surface area contributed by atoms with Gasteiger partial charge in [-0.3, -0.25) is 0 Å². The van der Waals surface area contributed by atoms with Crippen molar-refractivity contribution in [2.24, 2.45) is 5.41 Å². The topological polar surface area (TPSA) is 66.4 Å². The van der Waals surface area contributed by atoms with Gasteiger partial charge in [-0.05, 0) is 42.4 Å². The summed E-state index contributed by atoms with van der Waals surface area (Å²) in [6, 6.07) is 2.68. The van der Waals surface area contributed by atoms with Gasteiger partial charge in [0.1, 0.15) is 4.90 Å². The SMILES string of the molecule is CCCC1(CNS(=O)(=O)c2cc(CO)c(Cl)cc2Cl)CC1. The Balaban J connectivity index is 2.20. The molecule has 1 aromatic rings. The van der Waals surface area contributed by atoms with Gasteiger partial charge >= 0.3 is 0 Å². The summed E-state index contributed by atoms with van der Waals surface area (Å²) in [7, 11) is -3.70. The van der Waals surface area contributed by atoms with Crippen LogP contribution >= 0.6 is 23.2 Å². The summed E-state index contributed by atoms with van der Waals surface area (Å²) in [6.07, 6.45) is 4.17. The van der Waals surface area contributed by atoms with Crippen LogP contribution in [0.15, 0.2) is 17.0 Å². The molecule has 21 heavy (non-hydrogen) atoms. The molecule has 0 aliphatic heterocycles. The molecule has 7 heteroatoms. The molecule has 2 rings (SSSR count). The van der Waals surface area contributed by atoms with E-state index >= 15 is 0 Å². The van der Waals surface area contributed by atoms with Crippen molar-refractivity contribution < 1.29 is 13.5 Å². The molecule has 0 spiro atoms. The molecule has 1 aromatic carbocycles. The Morgan fingerprint density at radius 2 is 1.95 bits per heavy atom. The first-order valence-electron chi connectivity index (χ1n) is 6.92. The van der Waals surface area contributed by atoms with Crippen molar-refractivity contribution in [2.75, 3.05) is 6.54 Å². The maximum atomic E-state index is 12.4. The molecule has 0 saturated heterocycles. The summed E-state index contributed by atoms with van der Waals surface area (Å²) >= 11 is 11.9. The molecule has 0 atom stereocenters. The number of sulfonamides is 1. The van der Waals surface area contributed by atoms with Crippen molar-refractivity contribution in [1.29, 1.82) is 0 Å². The molecule has 0 radical (unpaired) electrons. The third kappa shape index (κ3) is 3.90. The van der Waals surface area contributed by atoms with Crippen molar-refractivity contribution in [2.45, 2.75) is 44.1 Å². The van der Waals surface area contributed by atoms with E-state index in [2.05, 4.69) is 11.6 Å². The van der Waals surface area contributed by atoms with Crippen LogP contribution in [-0.2, 0) is 16.6 Å². The number of halogens is 2. The maximum absolute atomic E-state index is 12.4. The Bertz CT molecular complexity index is 627. The second-order valence-electron chi connectivity index (χ2n) is 5.61. The van der Waals surface area contributed by atoms with Gasteiger partial charge in [0, 0.05) is 11.6 Å². The predicted molar refractivity (Wildman–Crippen MR) is 84.1 cm³/mol. The average Bonchev–Trinajstić information content (AvgIpc) is 3.17. The average molecular weight is 352 g/mol. The lowest BCUT2D eigenvalue weighted by Crippen LogP contribution is -2.30. The maximum Gasteiger partial charge on any atom is 0.242 e. The standard InChI is InChI=1S/C14H19Cl2NO3S/c1-2-3-14(4-5-14)9-17-21(19,20)13-6-10(8-18)11(15)7-12(13)16/h6-7,17-18H,2-5,8-9H2,1H3. The number of aliphatic hydroxyl groups excluding tert-OH is 1. The molecule has 0 bridgehead atoms. The molecule has 0 amide bonds. The fraction of sp³-hybridized carbons (Fsp3) is 0.571. The van der Waals surface area contributed by atoms with E-state index < -0.39 is 10.0 Å². The van der Waals surface area contributed by atoms with Gasteiger partial charge in [0.2, 0.25) is 10.0 Å². The van der Waals surface area contributed by atoms with Crippen LogP contribution in [0.3, 0.4) is 0 Å². The molecule has 1 saturated carbocycles. The van der Waals surface area contributed by atoms with E-state index in [9.17, 15) is 13.5 Å². The summed E-state index contributed by atoms with van der Waals surface area (Å²) < 4.78 is 27.4.